The summed E-state index contributed by atoms with van der Waals surface area (Å²) in [7, 11) is -2.03. The zero-order chi connectivity index (χ0) is 22.8. The average Bonchev–Trinajstić information content (AvgIpc) is 2.76. The summed E-state index contributed by atoms with van der Waals surface area (Å²) in [6.07, 6.45) is 1.03. The fourth-order valence-electron chi connectivity index (χ4n) is 4.11. The summed E-state index contributed by atoms with van der Waals surface area (Å²) in [6.45, 7) is 8.90. The maximum Gasteiger partial charge on any atom is 0.243 e. The lowest BCUT2D eigenvalue weighted by atomic mass is 9.94. The first kappa shape index (κ1) is 23.3. The Hall–Kier alpha value is -2.38. The number of ether oxygens (including phenoxy) is 1. The van der Waals surface area contributed by atoms with Crippen molar-refractivity contribution in [2.45, 2.75) is 51.5 Å². The van der Waals surface area contributed by atoms with Crippen molar-refractivity contribution in [1.29, 1.82) is 0 Å². The molecule has 1 heterocycles. The van der Waals surface area contributed by atoms with E-state index in [-0.39, 0.29) is 22.8 Å². The van der Waals surface area contributed by atoms with Crippen LogP contribution < -0.4 is 10.1 Å². The van der Waals surface area contributed by atoms with E-state index in [4.69, 9.17) is 4.74 Å². The van der Waals surface area contributed by atoms with E-state index in [0.29, 0.717) is 31.7 Å². The van der Waals surface area contributed by atoms with Crippen LogP contribution in [0.15, 0.2) is 41.3 Å². The molecule has 1 aliphatic heterocycles. The molecule has 1 saturated heterocycles. The van der Waals surface area contributed by atoms with Crippen molar-refractivity contribution in [3.63, 3.8) is 0 Å². The number of benzene rings is 2. The van der Waals surface area contributed by atoms with Crippen LogP contribution in [0.5, 0.6) is 5.75 Å². The lowest BCUT2D eigenvalue weighted by Crippen LogP contribution is -2.43. The standard InChI is InChI=1S/C24H32N2O4S/c1-16-14-18(3)23(15-17(16)2)19(4)25-24(27)20-10-12-26(13-11-20)31(28,29)22-8-6-21(30-5)7-9-22/h6-9,14-15,19-20H,10-13H2,1-5H3,(H,25,27)/t19-/m1/s1. The van der Waals surface area contributed by atoms with Crippen molar-refractivity contribution in [3.8, 4) is 5.75 Å². The van der Waals surface area contributed by atoms with E-state index < -0.39 is 10.0 Å². The van der Waals surface area contributed by atoms with E-state index in [0.717, 1.165) is 11.1 Å². The van der Waals surface area contributed by atoms with Crippen LogP contribution in [0.4, 0.5) is 0 Å². The summed E-state index contributed by atoms with van der Waals surface area (Å²) in [4.78, 5) is 13.1. The molecular weight excluding hydrogens is 412 g/mol. The van der Waals surface area contributed by atoms with Crippen LogP contribution >= 0.6 is 0 Å². The molecule has 1 aliphatic rings. The molecule has 2 aromatic carbocycles. The van der Waals surface area contributed by atoms with E-state index in [1.54, 1.807) is 31.4 Å². The lowest BCUT2D eigenvalue weighted by Gasteiger charge is -2.31. The Morgan fingerprint density at radius 1 is 1.03 bits per heavy atom. The van der Waals surface area contributed by atoms with Crippen molar-refractivity contribution >= 4 is 15.9 Å². The maximum absolute atomic E-state index is 12.9. The molecule has 1 fully saturated rings. The highest BCUT2D eigenvalue weighted by Gasteiger charge is 2.32. The minimum absolute atomic E-state index is 0.00776. The Labute approximate surface area is 185 Å². The van der Waals surface area contributed by atoms with Gasteiger partial charge >= 0.3 is 0 Å². The van der Waals surface area contributed by atoms with E-state index in [2.05, 4.69) is 38.2 Å². The molecule has 0 aromatic heterocycles. The van der Waals surface area contributed by atoms with Crippen LogP contribution in [0.1, 0.15) is 48.1 Å². The second-order valence-corrected chi connectivity index (χ2v) is 10.3. The smallest absolute Gasteiger partial charge is 0.243 e. The predicted molar refractivity (Wildman–Crippen MR) is 122 cm³/mol. The fraction of sp³-hybridized carbons (Fsp3) is 0.458. The number of aryl methyl sites for hydroxylation is 3. The minimum Gasteiger partial charge on any atom is -0.497 e. The number of rotatable bonds is 6. The number of nitrogens with zero attached hydrogens (tertiary/aromatic N) is 1. The molecule has 0 unspecified atom stereocenters. The van der Waals surface area contributed by atoms with E-state index >= 15 is 0 Å². The van der Waals surface area contributed by atoms with Crippen LogP contribution in [0.2, 0.25) is 0 Å². The molecule has 6 nitrogen and oxygen atoms in total. The molecule has 7 heteroatoms. The molecule has 0 saturated carbocycles. The second-order valence-electron chi connectivity index (χ2n) is 8.38. The molecule has 1 atom stereocenters. The van der Waals surface area contributed by atoms with E-state index in [1.165, 1.54) is 15.4 Å². The van der Waals surface area contributed by atoms with Gasteiger partial charge in [-0.15, -0.1) is 0 Å². The molecule has 0 aliphatic carbocycles. The summed E-state index contributed by atoms with van der Waals surface area (Å²) in [5.41, 5.74) is 4.73. The predicted octanol–water partition coefficient (Wildman–Crippen LogP) is 3.90. The Bertz CT molecular complexity index is 1040. The highest BCUT2D eigenvalue weighted by molar-refractivity contribution is 7.89. The maximum atomic E-state index is 12.9. The monoisotopic (exact) mass is 444 g/mol. The molecule has 3 rings (SSSR count). The molecule has 0 spiro atoms. The van der Waals surface area contributed by atoms with Crippen molar-refractivity contribution in [2.24, 2.45) is 5.92 Å². The van der Waals surface area contributed by atoms with E-state index in [1.807, 2.05) is 6.92 Å². The zero-order valence-electron chi connectivity index (χ0n) is 18.9. The van der Waals surface area contributed by atoms with Gasteiger partial charge < -0.3 is 10.1 Å². The molecule has 1 N–H and O–H groups in total. The first-order valence-corrected chi connectivity index (χ1v) is 12.1. The molecular formula is C24H32N2O4S. The Morgan fingerprint density at radius 3 is 2.19 bits per heavy atom. The van der Waals surface area contributed by atoms with Crippen LogP contribution in [0.3, 0.4) is 0 Å². The van der Waals surface area contributed by atoms with Crippen molar-refractivity contribution < 1.29 is 17.9 Å². The van der Waals surface area contributed by atoms with Gasteiger partial charge in [0, 0.05) is 19.0 Å². The molecule has 0 bridgehead atoms. The number of amides is 1. The van der Waals surface area contributed by atoms with Crippen molar-refractivity contribution in [3.05, 3.63) is 58.7 Å². The van der Waals surface area contributed by atoms with Gasteiger partial charge in [0.1, 0.15) is 5.75 Å². The van der Waals surface area contributed by atoms with Gasteiger partial charge in [-0.05, 0) is 87.1 Å². The molecule has 2 aromatic rings. The van der Waals surface area contributed by atoms with E-state index in [9.17, 15) is 13.2 Å². The minimum atomic E-state index is -3.57. The highest BCUT2D eigenvalue weighted by atomic mass is 32.2. The van der Waals surface area contributed by atoms with Gasteiger partial charge in [-0.1, -0.05) is 12.1 Å². The number of piperidine rings is 1. The van der Waals surface area contributed by atoms with Gasteiger partial charge in [0.2, 0.25) is 15.9 Å². The number of sulfonamides is 1. The van der Waals surface area contributed by atoms with Gasteiger partial charge in [0.25, 0.3) is 0 Å². The van der Waals surface area contributed by atoms with Gasteiger partial charge in [0.15, 0.2) is 0 Å². The number of hydrogen-bond acceptors (Lipinski definition) is 4. The fourth-order valence-corrected chi connectivity index (χ4v) is 5.58. The quantitative estimate of drug-likeness (QED) is 0.733. The third-order valence-corrected chi connectivity index (χ3v) is 8.14. The summed E-state index contributed by atoms with van der Waals surface area (Å²) in [6, 6.07) is 10.6. The summed E-state index contributed by atoms with van der Waals surface area (Å²) < 4.78 is 32.4. The normalized spacial score (nSPS) is 16.7. The van der Waals surface area contributed by atoms with Crippen LogP contribution in [0.25, 0.3) is 0 Å². The molecule has 31 heavy (non-hydrogen) atoms. The third kappa shape index (κ3) is 5.10. The van der Waals surface area contributed by atoms with Crippen LogP contribution in [-0.4, -0.2) is 38.8 Å². The number of carbonyl (C=O) groups is 1. The van der Waals surface area contributed by atoms with Gasteiger partial charge in [-0.2, -0.15) is 4.31 Å². The third-order valence-electron chi connectivity index (χ3n) is 6.23. The van der Waals surface area contributed by atoms with Gasteiger partial charge in [0.05, 0.1) is 18.0 Å². The first-order valence-electron chi connectivity index (χ1n) is 10.7. The Balaban J connectivity index is 1.61. The largest absolute Gasteiger partial charge is 0.497 e. The van der Waals surface area contributed by atoms with Crippen LogP contribution in [-0.2, 0) is 14.8 Å². The Kier molecular flexibility index (Phi) is 7.06. The SMILES string of the molecule is COc1ccc(S(=O)(=O)N2CCC(C(=O)N[C@H](C)c3cc(C)c(C)cc3C)CC2)cc1. The summed E-state index contributed by atoms with van der Waals surface area (Å²) >= 11 is 0. The second kappa shape index (κ2) is 9.40. The number of nitrogens with one attached hydrogen (secondary N) is 1. The van der Waals surface area contributed by atoms with Crippen molar-refractivity contribution in [2.75, 3.05) is 20.2 Å². The average molecular weight is 445 g/mol. The lowest BCUT2D eigenvalue weighted by molar-refractivity contribution is -0.126. The van der Waals surface area contributed by atoms with Crippen LogP contribution in [0, 0.1) is 26.7 Å². The molecule has 0 radical (unpaired) electrons. The number of hydrogen-bond donors (Lipinski definition) is 1. The number of carbonyl (C=O) groups excluding carboxylic acids is 1. The molecule has 1 amide bonds. The van der Waals surface area contributed by atoms with Crippen molar-refractivity contribution in [1.82, 2.24) is 9.62 Å². The molecule has 168 valence electrons. The zero-order valence-corrected chi connectivity index (χ0v) is 19.8. The van der Waals surface area contributed by atoms with Gasteiger partial charge in [-0.25, -0.2) is 8.42 Å². The topological polar surface area (TPSA) is 75.7 Å². The summed E-state index contributed by atoms with van der Waals surface area (Å²) in [5.74, 6) is 0.422. The number of methoxy groups -OCH3 is 1. The first-order chi connectivity index (χ1) is 14.6. The van der Waals surface area contributed by atoms with Gasteiger partial charge in [-0.3, -0.25) is 4.79 Å². The summed E-state index contributed by atoms with van der Waals surface area (Å²) in [5, 5.41) is 3.13. The Morgan fingerprint density at radius 2 is 1.61 bits per heavy atom. The highest BCUT2D eigenvalue weighted by Crippen LogP contribution is 2.27.